The molecule has 0 saturated carbocycles. The van der Waals surface area contributed by atoms with Gasteiger partial charge >= 0.3 is 0 Å². The Bertz CT molecular complexity index is 180. The molecule has 1 radical (unpaired) electrons. The van der Waals surface area contributed by atoms with E-state index >= 15 is 0 Å². The zero-order valence-corrected chi connectivity index (χ0v) is 12.1. The van der Waals surface area contributed by atoms with E-state index in [9.17, 15) is 0 Å². The molecule has 0 amide bonds. The van der Waals surface area contributed by atoms with Crippen molar-refractivity contribution in [3.05, 3.63) is 0 Å². The summed E-state index contributed by atoms with van der Waals surface area (Å²) in [5, 5.41) is 0. The fourth-order valence-electron chi connectivity index (χ4n) is 2.79. The molecular weight excluding hydrogens is 195 g/mol. The monoisotopic (exact) mass is 225 g/mol. The minimum Gasteiger partial charge on any atom is -0.690 e. The molecule has 1 heterocycles. The average Bonchev–Trinajstić information content (AvgIpc) is 2.70. The van der Waals surface area contributed by atoms with Gasteiger partial charge in [-0.2, -0.15) is 0 Å². The molecule has 0 aliphatic carbocycles. The van der Waals surface area contributed by atoms with Crippen molar-refractivity contribution in [2.24, 2.45) is 11.8 Å². The SMILES string of the molecule is CC(C)C(C)[B-](C(C)C(C)C)[O+]1CCCC1. The Morgan fingerprint density at radius 1 is 0.750 bits per heavy atom. The molecule has 0 aromatic heterocycles. The van der Waals surface area contributed by atoms with E-state index in [0.29, 0.717) is 6.92 Å². The molecule has 1 fully saturated rings. The van der Waals surface area contributed by atoms with Gasteiger partial charge in [-0.25, -0.2) is 0 Å². The summed E-state index contributed by atoms with van der Waals surface area (Å²) in [5.74, 6) is 3.11. The largest absolute Gasteiger partial charge is 0.690 e. The summed E-state index contributed by atoms with van der Waals surface area (Å²) in [4.78, 5) is 0. The lowest BCUT2D eigenvalue weighted by Gasteiger charge is -2.46. The highest BCUT2D eigenvalue weighted by Crippen LogP contribution is 2.37. The lowest BCUT2D eigenvalue weighted by molar-refractivity contribution is 0.0384. The highest BCUT2D eigenvalue weighted by atomic mass is 16.6. The van der Waals surface area contributed by atoms with E-state index in [4.69, 9.17) is 0 Å². The van der Waals surface area contributed by atoms with Crippen molar-refractivity contribution in [2.75, 3.05) is 13.2 Å². The van der Waals surface area contributed by atoms with Crippen molar-refractivity contribution in [1.29, 1.82) is 0 Å². The van der Waals surface area contributed by atoms with E-state index in [1.165, 1.54) is 26.1 Å². The standard InChI is InChI=1S/C14H30BO/c1-11(2)13(5)15(14(6)12(3)4)16-9-7-8-10-16/h11-14H,7-10H2,1-6H3. The van der Waals surface area contributed by atoms with Crippen LogP contribution in [0.2, 0.25) is 11.6 Å². The molecule has 2 heteroatoms. The van der Waals surface area contributed by atoms with Gasteiger partial charge in [0.15, 0.2) is 0 Å². The van der Waals surface area contributed by atoms with E-state index in [-0.39, 0.29) is 0 Å². The van der Waals surface area contributed by atoms with Crippen LogP contribution in [0.5, 0.6) is 0 Å². The molecule has 0 aromatic carbocycles. The summed E-state index contributed by atoms with van der Waals surface area (Å²) in [6, 6.07) is 0. The zero-order chi connectivity index (χ0) is 12.3. The molecule has 1 aliphatic rings. The van der Waals surface area contributed by atoms with E-state index in [1.54, 1.807) is 0 Å². The second kappa shape index (κ2) is 6.09. The molecule has 0 N–H and O–H groups in total. The lowest BCUT2D eigenvalue weighted by atomic mass is 9.43. The van der Waals surface area contributed by atoms with Gasteiger partial charge in [-0.15, -0.1) is 11.6 Å². The van der Waals surface area contributed by atoms with Crippen LogP contribution in [0.1, 0.15) is 54.4 Å². The minimum atomic E-state index is 0.711. The van der Waals surface area contributed by atoms with Crippen LogP contribution in [0.4, 0.5) is 0 Å². The number of rotatable bonds is 5. The molecule has 1 saturated heterocycles. The third kappa shape index (κ3) is 3.26. The molecule has 0 bridgehead atoms. The highest BCUT2D eigenvalue weighted by molar-refractivity contribution is 6.56. The van der Waals surface area contributed by atoms with Crippen LogP contribution in [0, 0.1) is 11.8 Å². The van der Waals surface area contributed by atoms with Crippen LogP contribution >= 0.6 is 0 Å². The summed E-state index contributed by atoms with van der Waals surface area (Å²) in [6.07, 6.45) is 2.74. The Labute approximate surface area is 103 Å². The summed E-state index contributed by atoms with van der Waals surface area (Å²) < 4.78 is 3.63. The van der Waals surface area contributed by atoms with Crippen LogP contribution in [0.15, 0.2) is 0 Å². The van der Waals surface area contributed by atoms with Crippen LogP contribution < -0.4 is 0 Å². The zero-order valence-electron chi connectivity index (χ0n) is 12.1. The molecule has 0 aromatic rings. The maximum absolute atomic E-state index is 3.63. The molecule has 1 rings (SSSR count). The smallest absolute Gasteiger partial charge is 0.243 e. The molecule has 16 heavy (non-hydrogen) atoms. The van der Waals surface area contributed by atoms with E-state index in [2.05, 4.69) is 45.8 Å². The summed E-state index contributed by atoms with van der Waals surface area (Å²) in [7, 11) is 0. The Hall–Kier alpha value is 0.0249. The number of hydrogen-bond acceptors (Lipinski definition) is 0. The van der Waals surface area contributed by atoms with E-state index in [1.807, 2.05) is 0 Å². The third-order valence-corrected chi connectivity index (χ3v) is 4.59. The van der Waals surface area contributed by atoms with Crippen LogP contribution in [0.25, 0.3) is 0 Å². The minimum absolute atomic E-state index is 0.711. The second-order valence-corrected chi connectivity index (χ2v) is 6.32. The predicted octanol–water partition coefficient (Wildman–Crippen LogP) is 4.42. The van der Waals surface area contributed by atoms with E-state index < -0.39 is 0 Å². The molecule has 95 valence electrons. The first kappa shape index (κ1) is 14.1. The average molecular weight is 225 g/mol. The topological polar surface area (TPSA) is 2.70 Å². The summed E-state index contributed by atoms with van der Waals surface area (Å²) in [5.41, 5.74) is 0. The van der Waals surface area contributed by atoms with Gasteiger partial charge in [0.1, 0.15) is 0 Å². The molecule has 1 aliphatic heterocycles. The maximum Gasteiger partial charge on any atom is 0.243 e. The molecule has 2 unspecified atom stereocenters. The first-order chi connectivity index (χ1) is 7.45. The van der Waals surface area contributed by atoms with Crippen LogP contribution in [-0.2, 0) is 4.28 Å². The molecule has 2 atom stereocenters. The first-order valence-corrected chi connectivity index (χ1v) is 7.11. The molecule has 1 nitrogen and oxygen atoms in total. The van der Waals surface area contributed by atoms with Crippen molar-refractivity contribution in [3.63, 3.8) is 0 Å². The predicted molar refractivity (Wildman–Crippen MR) is 74.3 cm³/mol. The Balaban J connectivity index is 2.75. The van der Waals surface area contributed by atoms with Crippen molar-refractivity contribution in [1.82, 2.24) is 0 Å². The molecular formula is C14H30BO. The second-order valence-electron chi connectivity index (χ2n) is 6.32. The summed E-state index contributed by atoms with van der Waals surface area (Å²) in [6.45, 7) is 17.5. The van der Waals surface area contributed by atoms with Crippen LogP contribution in [-0.4, -0.2) is 20.1 Å². The van der Waals surface area contributed by atoms with E-state index in [0.717, 1.165) is 23.5 Å². The number of hydrogen-bond donors (Lipinski definition) is 0. The van der Waals surface area contributed by atoms with Gasteiger partial charge in [0, 0.05) is 12.8 Å². The fraction of sp³-hybridized carbons (Fsp3) is 1.00. The summed E-state index contributed by atoms with van der Waals surface area (Å²) >= 11 is 0. The Morgan fingerprint density at radius 2 is 1.12 bits per heavy atom. The Morgan fingerprint density at radius 3 is 1.44 bits per heavy atom. The van der Waals surface area contributed by atoms with Gasteiger partial charge < -0.3 is 4.28 Å². The Kier molecular flexibility index (Phi) is 5.36. The maximum atomic E-state index is 3.63. The highest BCUT2D eigenvalue weighted by Gasteiger charge is 2.33. The molecule has 0 spiro atoms. The van der Waals surface area contributed by atoms with Crippen molar-refractivity contribution < 1.29 is 4.28 Å². The normalized spacial score (nSPS) is 22.3. The van der Waals surface area contributed by atoms with Gasteiger partial charge in [-0.05, 0) is 0 Å². The van der Waals surface area contributed by atoms with Crippen molar-refractivity contribution in [3.8, 4) is 0 Å². The fourth-order valence-corrected chi connectivity index (χ4v) is 2.79. The van der Waals surface area contributed by atoms with Crippen LogP contribution in [0.3, 0.4) is 0 Å². The van der Waals surface area contributed by atoms with Gasteiger partial charge in [-0.3, -0.25) is 0 Å². The van der Waals surface area contributed by atoms with Gasteiger partial charge in [0.05, 0.1) is 13.2 Å². The van der Waals surface area contributed by atoms with Gasteiger partial charge in [0.25, 0.3) is 0 Å². The van der Waals surface area contributed by atoms with Crippen molar-refractivity contribution in [2.45, 2.75) is 66.0 Å². The quantitative estimate of drug-likeness (QED) is 0.481. The first-order valence-electron chi connectivity index (χ1n) is 7.11. The third-order valence-electron chi connectivity index (χ3n) is 4.59. The lowest BCUT2D eigenvalue weighted by Crippen LogP contribution is -2.40. The van der Waals surface area contributed by atoms with Gasteiger partial charge in [-0.1, -0.05) is 53.4 Å². The van der Waals surface area contributed by atoms with Crippen molar-refractivity contribution >= 4 is 6.92 Å². The van der Waals surface area contributed by atoms with Gasteiger partial charge in [0.2, 0.25) is 6.92 Å².